The summed E-state index contributed by atoms with van der Waals surface area (Å²) in [5.74, 6) is -1.31. The number of carbonyl (C=O) groups excluding carboxylic acids is 1. The first kappa shape index (κ1) is 16.0. The SMILES string of the molecule is NCCCC[C@H](NC(=O)Cc1cc2ccccc2[nH]1)C(=O)O. The number of aliphatic carboxylic acids is 1. The first-order chi connectivity index (χ1) is 10.6. The van der Waals surface area contributed by atoms with Gasteiger partial charge in [-0.1, -0.05) is 18.2 Å². The van der Waals surface area contributed by atoms with Gasteiger partial charge in [-0.25, -0.2) is 4.79 Å². The molecular formula is C16H21N3O3. The maximum atomic E-state index is 12.0. The van der Waals surface area contributed by atoms with Crippen molar-refractivity contribution in [2.45, 2.75) is 31.7 Å². The molecule has 0 aliphatic carbocycles. The maximum absolute atomic E-state index is 12.0. The molecule has 1 amide bonds. The van der Waals surface area contributed by atoms with E-state index >= 15 is 0 Å². The van der Waals surface area contributed by atoms with E-state index in [4.69, 9.17) is 10.8 Å². The molecule has 0 unspecified atom stereocenters. The van der Waals surface area contributed by atoms with Gasteiger partial charge in [0.05, 0.1) is 6.42 Å². The fraction of sp³-hybridized carbons (Fsp3) is 0.375. The predicted octanol–water partition coefficient (Wildman–Crippen LogP) is 1.41. The number of hydrogen-bond acceptors (Lipinski definition) is 3. The summed E-state index contributed by atoms with van der Waals surface area (Å²) in [6.45, 7) is 0.523. The monoisotopic (exact) mass is 303 g/mol. The van der Waals surface area contributed by atoms with Crippen LogP contribution < -0.4 is 11.1 Å². The minimum absolute atomic E-state index is 0.134. The third-order valence-corrected chi connectivity index (χ3v) is 3.52. The van der Waals surface area contributed by atoms with Crippen LogP contribution in [-0.2, 0) is 16.0 Å². The highest BCUT2D eigenvalue weighted by atomic mass is 16.4. The second-order valence-electron chi connectivity index (χ2n) is 5.30. The number of aromatic nitrogens is 1. The van der Waals surface area contributed by atoms with Gasteiger partial charge >= 0.3 is 5.97 Å². The summed E-state index contributed by atoms with van der Waals surface area (Å²) in [6, 6.07) is 8.78. The van der Waals surface area contributed by atoms with E-state index < -0.39 is 12.0 Å². The smallest absolute Gasteiger partial charge is 0.326 e. The van der Waals surface area contributed by atoms with Gasteiger partial charge in [-0.3, -0.25) is 4.79 Å². The Labute approximate surface area is 128 Å². The van der Waals surface area contributed by atoms with Crippen LogP contribution in [0.2, 0.25) is 0 Å². The fourth-order valence-electron chi connectivity index (χ4n) is 2.40. The molecule has 0 aliphatic rings. The molecule has 6 nitrogen and oxygen atoms in total. The molecular weight excluding hydrogens is 282 g/mol. The number of H-pyrrole nitrogens is 1. The highest BCUT2D eigenvalue weighted by Gasteiger charge is 2.19. The first-order valence-electron chi connectivity index (χ1n) is 7.39. The Morgan fingerprint density at radius 1 is 1.27 bits per heavy atom. The van der Waals surface area contributed by atoms with Crippen LogP contribution in [0.5, 0.6) is 0 Å². The largest absolute Gasteiger partial charge is 0.480 e. The van der Waals surface area contributed by atoms with Crippen molar-refractivity contribution >= 4 is 22.8 Å². The number of aromatic amines is 1. The van der Waals surface area contributed by atoms with Crippen LogP contribution in [0.3, 0.4) is 0 Å². The van der Waals surface area contributed by atoms with Gasteiger partial charge in [0.15, 0.2) is 0 Å². The molecule has 0 radical (unpaired) electrons. The molecule has 1 aromatic heterocycles. The zero-order valence-corrected chi connectivity index (χ0v) is 12.3. The van der Waals surface area contributed by atoms with Crippen LogP contribution in [0.15, 0.2) is 30.3 Å². The van der Waals surface area contributed by atoms with Gasteiger partial charge in [0.2, 0.25) is 5.91 Å². The number of carboxylic acids is 1. The van der Waals surface area contributed by atoms with E-state index in [1.54, 1.807) is 0 Å². The Bertz CT molecular complexity index is 618. The lowest BCUT2D eigenvalue weighted by atomic mass is 10.1. The number of unbranched alkanes of at least 4 members (excludes halogenated alkanes) is 1. The first-order valence-corrected chi connectivity index (χ1v) is 7.39. The summed E-state index contributed by atoms with van der Waals surface area (Å²) in [4.78, 5) is 26.3. The molecule has 0 fully saturated rings. The number of rotatable bonds is 8. The zero-order valence-electron chi connectivity index (χ0n) is 12.3. The molecule has 0 saturated heterocycles. The lowest BCUT2D eigenvalue weighted by molar-refractivity contribution is -0.142. The van der Waals surface area contributed by atoms with E-state index in [0.29, 0.717) is 19.4 Å². The Hall–Kier alpha value is -2.34. The molecule has 2 aromatic rings. The molecule has 0 spiro atoms. The van der Waals surface area contributed by atoms with Crippen molar-refractivity contribution in [3.05, 3.63) is 36.0 Å². The van der Waals surface area contributed by atoms with E-state index in [2.05, 4.69) is 10.3 Å². The minimum atomic E-state index is -1.01. The van der Waals surface area contributed by atoms with E-state index in [9.17, 15) is 9.59 Å². The highest BCUT2D eigenvalue weighted by Crippen LogP contribution is 2.15. The number of carbonyl (C=O) groups is 2. The molecule has 0 aliphatic heterocycles. The third-order valence-electron chi connectivity index (χ3n) is 3.52. The van der Waals surface area contributed by atoms with Gasteiger partial charge in [0.1, 0.15) is 6.04 Å². The van der Waals surface area contributed by atoms with Crippen molar-refractivity contribution in [1.29, 1.82) is 0 Å². The van der Waals surface area contributed by atoms with E-state index in [1.165, 1.54) is 0 Å². The topological polar surface area (TPSA) is 108 Å². The summed E-state index contributed by atoms with van der Waals surface area (Å²) in [6.07, 6.45) is 1.96. The van der Waals surface area contributed by atoms with E-state index in [1.807, 2.05) is 30.3 Å². The molecule has 1 heterocycles. The predicted molar refractivity (Wildman–Crippen MR) is 84.5 cm³/mol. The second-order valence-corrected chi connectivity index (χ2v) is 5.30. The van der Waals surface area contributed by atoms with Gasteiger partial charge in [-0.05, 0) is 43.3 Å². The third kappa shape index (κ3) is 4.33. The molecule has 5 N–H and O–H groups in total. The molecule has 0 bridgehead atoms. The summed E-state index contributed by atoms with van der Waals surface area (Å²) in [5.41, 5.74) is 7.12. The van der Waals surface area contributed by atoms with Crippen molar-refractivity contribution in [1.82, 2.24) is 10.3 Å². The number of nitrogens with one attached hydrogen (secondary N) is 2. The van der Waals surface area contributed by atoms with Crippen LogP contribution in [0.25, 0.3) is 10.9 Å². The highest BCUT2D eigenvalue weighted by molar-refractivity contribution is 5.86. The van der Waals surface area contributed by atoms with Crippen molar-refractivity contribution in [2.24, 2.45) is 5.73 Å². The minimum Gasteiger partial charge on any atom is -0.480 e. The average molecular weight is 303 g/mol. The normalized spacial score (nSPS) is 12.2. The van der Waals surface area contributed by atoms with Crippen LogP contribution in [0, 0.1) is 0 Å². The maximum Gasteiger partial charge on any atom is 0.326 e. The lowest BCUT2D eigenvalue weighted by Gasteiger charge is -2.13. The second kappa shape index (κ2) is 7.61. The van der Waals surface area contributed by atoms with Crippen LogP contribution in [-0.4, -0.2) is 34.6 Å². The van der Waals surface area contributed by atoms with Crippen molar-refractivity contribution < 1.29 is 14.7 Å². The summed E-state index contributed by atoms with van der Waals surface area (Å²) < 4.78 is 0. The van der Waals surface area contributed by atoms with E-state index in [-0.39, 0.29) is 12.3 Å². The van der Waals surface area contributed by atoms with Crippen molar-refractivity contribution in [3.63, 3.8) is 0 Å². The number of fused-ring (bicyclic) bond motifs is 1. The Balaban J connectivity index is 1.93. The molecule has 0 saturated carbocycles. The molecule has 1 aromatic carbocycles. The van der Waals surface area contributed by atoms with Gasteiger partial charge in [-0.2, -0.15) is 0 Å². The standard InChI is InChI=1S/C16H21N3O3/c17-8-4-3-7-14(16(21)22)19-15(20)10-12-9-11-5-1-2-6-13(11)18-12/h1-2,5-6,9,14,18H,3-4,7-8,10,17H2,(H,19,20)(H,21,22)/t14-/m0/s1. The van der Waals surface area contributed by atoms with Gasteiger partial charge in [0, 0.05) is 11.2 Å². The zero-order chi connectivity index (χ0) is 15.9. The number of carboxylic acid groups (broad SMARTS) is 1. The molecule has 118 valence electrons. The quantitative estimate of drug-likeness (QED) is 0.553. The van der Waals surface area contributed by atoms with Crippen molar-refractivity contribution in [2.75, 3.05) is 6.54 Å². The number of hydrogen-bond donors (Lipinski definition) is 4. The van der Waals surface area contributed by atoms with Gasteiger partial charge in [-0.15, -0.1) is 0 Å². The van der Waals surface area contributed by atoms with Crippen LogP contribution >= 0.6 is 0 Å². The van der Waals surface area contributed by atoms with E-state index in [0.717, 1.165) is 23.0 Å². The Kier molecular flexibility index (Phi) is 5.55. The Morgan fingerprint density at radius 3 is 2.73 bits per heavy atom. The number of amides is 1. The molecule has 1 atom stereocenters. The fourth-order valence-corrected chi connectivity index (χ4v) is 2.40. The summed E-state index contributed by atoms with van der Waals surface area (Å²) >= 11 is 0. The number of benzene rings is 1. The molecule has 6 heteroatoms. The van der Waals surface area contributed by atoms with Gasteiger partial charge < -0.3 is 21.1 Å². The number of nitrogens with two attached hydrogens (primary N) is 1. The molecule has 2 rings (SSSR count). The Morgan fingerprint density at radius 2 is 2.05 bits per heavy atom. The number of para-hydroxylation sites is 1. The average Bonchev–Trinajstić information content (AvgIpc) is 2.88. The van der Waals surface area contributed by atoms with Crippen molar-refractivity contribution in [3.8, 4) is 0 Å². The van der Waals surface area contributed by atoms with Crippen LogP contribution in [0.1, 0.15) is 25.0 Å². The molecule has 22 heavy (non-hydrogen) atoms. The summed E-state index contributed by atoms with van der Waals surface area (Å²) in [5, 5.41) is 12.7. The van der Waals surface area contributed by atoms with Gasteiger partial charge in [0.25, 0.3) is 0 Å². The lowest BCUT2D eigenvalue weighted by Crippen LogP contribution is -2.41. The van der Waals surface area contributed by atoms with Crippen LogP contribution in [0.4, 0.5) is 0 Å². The summed E-state index contributed by atoms with van der Waals surface area (Å²) in [7, 11) is 0.